The Balaban J connectivity index is 0.00000450. The molecule has 0 saturated heterocycles. The lowest BCUT2D eigenvalue weighted by Gasteiger charge is -2.19. The van der Waals surface area contributed by atoms with Crippen molar-refractivity contribution in [1.82, 2.24) is 14.9 Å². The van der Waals surface area contributed by atoms with E-state index in [1.54, 1.807) is 43.4 Å². The van der Waals surface area contributed by atoms with Crippen molar-refractivity contribution in [2.75, 3.05) is 27.7 Å². The van der Waals surface area contributed by atoms with Crippen LogP contribution < -0.4 is 15.4 Å². The molecule has 0 fully saturated rings. The van der Waals surface area contributed by atoms with Gasteiger partial charge in [0.1, 0.15) is 17.7 Å². The third-order valence-corrected chi connectivity index (χ3v) is 6.02. The lowest BCUT2D eigenvalue weighted by molar-refractivity contribution is 0.223. The predicted octanol–water partition coefficient (Wildman–Crippen LogP) is 2.83. The summed E-state index contributed by atoms with van der Waals surface area (Å²) in [7, 11) is 1.09. The lowest BCUT2D eigenvalue weighted by atomic mass is 10.2. The zero-order valence-electron chi connectivity index (χ0n) is 17.4. The Morgan fingerprint density at radius 2 is 1.77 bits per heavy atom. The maximum absolute atomic E-state index is 13.0. The van der Waals surface area contributed by atoms with E-state index in [4.69, 9.17) is 4.74 Å². The molecule has 0 aliphatic carbocycles. The maximum atomic E-state index is 13.0. The standard InChI is InChI=1S/C20H27FN4O3S.HI/c1-15(28-18-11-9-17(21)10-12-18)13-23-20(22-2)24-14-16-7-5-6-8-19(16)29(26,27)25(3)4;/h5-12,15H,13-14H2,1-4H3,(H2,22,23,24);1H. The topological polar surface area (TPSA) is 83.0 Å². The molecule has 0 bridgehead atoms. The first kappa shape index (κ1) is 26.1. The average molecular weight is 550 g/mol. The van der Waals surface area contributed by atoms with Crippen molar-refractivity contribution < 1.29 is 17.5 Å². The van der Waals surface area contributed by atoms with Gasteiger partial charge in [-0.3, -0.25) is 4.99 Å². The van der Waals surface area contributed by atoms with Crippen LogP contribution in [-0.4, -0.2) is 52.5 Å². The Hall–Kier alpha value is -1.92. The number of nitrogens with one attached hydrogen (secondary N) is 2. The molecule has 0 spiro atoms. The van der Waals surface area contributed by atoms with Crippen molar-refractivity contribution in [3.05, 3.63) is 59.9 Å². The van der Waals surface area contributed by atoms with Crippen LogP contribution in [0.2, 0.25) is 0 Å². The molecule has 0 amide bonds. The minimum Gasteiger partial charge on any atom is -0.489 e. The van der Waals surface area contributed by atoms with Gasteiger partial charge in [0.2, 0.25) is 10.0 Å². The van der Waals surface area contributed by atoms with Gasteiger partial charge < -0.3 is 15.4 Å². The van der Waals surface area contributed by atoms with Crippen LogP contribution in [0.4, 0.5) is 4.39 Å². The second-order valence-corrected chi connectivity index (χ2v) is 8.70. The van der Waals surface area contributed by atoms with E-state index in [1.165, 1.54) is 30.5 Å². The first-order valence-corrected chi connectivity index (χ1v) is 10.5. The first-order valence-electron chi connectivity index (χ1n) is 9.11. The molecule has 7 nitrogen and oxygen atoms in total. The molecule has 2 aromatic rings. The molecule has 0 aromatic heterocycles. The second kappa shape index (κ2) is 12.1. The van der Waals surface area contributed by atoms with Crippen molar-refractivity contribution in [2.24, 2.45) is 4.99 Å². The van der Waals surface area contributed by atoms with E-state index in [1.807, 2.05) is 6.92 Å². The number of ether oxygens (including phenoxy) is 1. The van der Waals surface area contributed by atoms with Crippen molar-refractivity contribution in [3.63, 3.8) is 0 Å². The smallest absolute Gasteiger partial charge is 0.242 e. The van der Waals surface area contributed by atoms with Crippen LogP contribution in [0.25, 0.3) is 0 Å². The van der Waals surface area contributed by atoms with Crippen molar-refractivity contribution in [3.8, 4) is 5.75 Å². The summed E-state index contributed by atoms with van der Waals surface area (Å²) in [6.07, 6.45) is -0.194. The van der Waals surface area contributed by atoms with Crippen molar-refractivity contribution >= 4 is 40.0 Å². The average Bonchev–Trinajstić information content (AvgIpc) is 2.70. The normalized spacial score (nSPS) is 12.8. The summed E-state index contributed by atoms with van der Waals surface area (Å²) < 4.78 is 44.8. The van der Waals surface area contributed by atoms with E-state index < -0.39 is 10.0 Å². The number of halogens is 2. The number of nitrogens with zero attached hydrogens (tertiary/aromatic N) is 2. The predicted molar refractivity (Wildman–Crippen MR) is 127 cm³/mol. The van der Waals surface area contributed by atoms with Gasteiger partial charge in [0.25, 0.3) is 0 Å². The highest BCUT2D eigenvalue weighted by Gasteiger charge is 2.20. The van der Waals surface area contributed by atoms with Gasteiger partial charge in [0.15, 0.2) is 5.96 Å². The van der Waals surface area contributed by atoms with Crippen LogP contribution in [0.1, 0.15) is 12.5 Å². The third kappa shape index (κ3) is 7.40. The van der Waals surface area contributed by atoms with Crippen LogP contribution in [0, 0.1) is 5.82 Å². The Kier molecular flexibility index (Phi) is 10.5. The molecule has 1 unspecified atom stereocenters. The molecule has 0 aliphatic rings. The van der Waals surface area contributed by atoms with Gasteiger partial charge in [-0.15, -0.1) is 24.0 Å². The Labute approximate surface area is 194 Å². The Morgan fingerprint density at radius 3 is 2.37 bits per heavy atom. The minimum atomic E-state index is -3.54. The monoisotopic (exact) mass is 550 g/mol. The van der Waals surface area contributed by atoms with Gasteiger partial charge in [0.05, 0.1) is 11.4 Å². The number of guanidine groups is 1. The molecular formula is C20H28FIN4O3S. The molecule has 1 atom stereocenters. The first-order chi connectivity index (χ1) is 13.7. The summed E-state index contributed by atoms with van der Waals surface area (Å²) >= 11 is 0. The van der Waals surface area contributed by atoms with E-state index >= 15 is 0 Å². The second-order valence-electron chi connectivity index (χ2n) is 6.58. The quantitative estimate of drug-likeness (QED) is 0.300. The lowest BCUT2D eigenvalue weighted by Crippen LogP contribution is -2.41. The van der Waals surface area contributed by atoms with Crippen LogP contribution >= 0.6 is 24.0 Å². The van der Waals surface area contributed by atoms with Gasteiger partial charge in [-0.1, -0.05) is 18.2 Å². The number of benzene rings is 2. The highest BCUT2D eigenvalue weighted by atomic mass is 127. The van der Waals surface area contributed by atoms with Gasteiger partial charge in [-0.25, -0.2) is 17.1 Å². The number of rotatable bonds is 8. The van der Waals surface area contributed by atoms with E-state index in [0.717, 1.165) is 0 Å². The fraction of sp³-hybridized carbons (Fsp3) is 0.350. The Morgan fingerprint density at radius 1 is 1.13 bits per heavy atom. The van der Waals surface area contributed by atoms with Crippen molar-refractivity contribution in [1.29, 1.82) is 0 Å². The molecule has 2 N–H and O–H groups in total. The third-order valence-electron chi connectivity index (χ3n) is 4.11. The van der Waals surface area contributed by atoms with Gasteiger partial charge in [-0.05, 0) is 42.8 Å². The molecule has 10 heteroatoms. The molecular weight excluding hydrogens is 522 g/mol. The summed E-state index contributed by atoms with van der Waals surface area (Å²) in [5.41, 5.74) is 0.639. The van der Waals surface area contributed by atoms with E-state index in [2.05, 4.69) is 15.6 Å². The molecule has 0 radical (unpaired) electrons. The van der Waals surface area contributed by atoms with Crippen LogP contribution in [-0.2, 0) is 16.6 Å². The zero-order chi connectivity index (χ0) is 21.4. The number of hydrogen-bond donors (Lipinski definition) is 2. The summed E-state index contributed by atoms with van der Waals surface area (Å²) in [5.74, 6) is 0.771. The largest absolute Gasteiger partial charge is 0.489 e. The van der Waals surface area contributed by atoms with E-state index in [9.17, 15) is 12.8 Å². The fourth-order valence-corrected chi connectivity index (χ4v) is 3.64. The zero-order valence-corrected chi connectivity index (χ0v) is 20.6. The van der Waals surface area contributed by atoms with Crippen molar-refractivity contribution in [2.45, 2.75) is 24.5 Å². The van der Waals surface area contributed by atoms with Crippen LogP contribution in [0.3, 0.4) is 0 Å². The van der Waals surface area contributed by atoms with Crippen LogP contribution in [0.5, 0.6) is 5.75 Å². The molecule has 0 aliphatic heterocycles. The summed E-state index contributed by atoms with van der Waals surface area (Å²) in [6, 6.07) is 12.7. The summed E-state index contributed by atoms with van der Waals surface area (Å²) in [5, 5.41) is 6.25. The maximum Gasteiger partial charge on any atom is 0.242 e. The highest BCUT2D eigenvalue weighted by Crippen LogP contribution is 2.18. The minimum absolute atomic E-state index is 0. The summed E-state index contributed by atoms with van der Waals surface area (Å²) in [6.45, 7) is 2.62. The van der Waals surface area contributed by atoms with Gasteiger partial charge >= 0.3 is 0 Å². The molecule has 30 heavy (non-hydrogen) atoms. The number of hydrogen-bond acceptors (Lipinski definition) is 4. The SMILES string of the molecule is CN=C(NCc1ccccc1S(=O)(=O)N(C)C)NCC(C)Oc1ccc(F)cc1.I. The van der Waals surface area contributed by atoms with Gasteiger partial charge in [-0.2, -0.15) is 0 Å². The van der Waals surface area contributed by atoms with E-state index in [-0.39, 0.29) is 47.3 Å². The Bertz CT molecular complexity index is 937. The molecule has 2 aromatic carbocycles. The molecule has 166 valence electrons. The highest BCUT2D eigenvalue weighted by molar-refractivity contribution is 14.0. The fourth-order valence-electron chi connectivity index (χ4n) is 2.53. The number of sulfonamides is 1. The molecule has 0 saturated carbocycles. The molecule has 2 rings (SSSR count). The van der Waals surface area contributed by atoms with Gasteiger partial charge in [0, 0.05) is 27.7 Å². The van der Waals surface area contributed by atoms with Crippen LogP contribution in [0.15, 0.2) is 58.4 Å². The molecule has 0 heterocycles. The number of aliphatic imine (C=N–C) groups is 1. The summed E-state index contributed by atoms with van der Waals surface area (Å²) in [4.78, 5) is 4.40. The van der Waals surface area contributed by atoms with E-state index in [0.29, 0.717) is 23.8 Å².